The van der Waals surface area contributed by atoms with Crippen molar-refractivity contribution in [2.24, 2.45) is 0 Å². The van der Waals surface area contributed by atoms with E-state index in [-0.39, 0.29) is 11.7 Å². The van der Waals surface area contributed by atoms with Crippen molar-refractivity contribution in [2.45, 2.75) is 32.1 Å². The molecule has 1 unspecified atom stereocenters. The van der Waals surface area contributed by atoms with E-state index in [1.165, 1.54) is 5.56 Å². The molecule has 0 fully saturated rings. The molecule has 1 aromatic heterocycles. The van der Waals surface area contributed by atoms with Crippen LogP contribution >= 0.6 is 0 Å². The number of carbonyl (C=O) groups excluding carboxylic acids is 1. The second-order valence-electron chi connectivity index (χ2n) is 3.37. The lowest BCUT2D eigenvalue weighted by Gasteiger charge is -2.17. The van der Waals surface area contributed by atoms with Crippen molar-refractivity contribution in [1.82, 2.24) is 0 Å². The van der Waals surface area contributed by atoms with Crippen LogP contribution in [0.2, 0.25) is 0 Å². The van der Waals surface area contributed by atoms with Gasteiger partial charge in [0.15, 0.2) is 0 Å². The highest BCUT2D eigenvalue weighted by molar-refractivity contribution is 5.83. The summed E-state index contributed by atoms with van der Waals surface area (Å²) in [6.07, 6.45) is 4.81. The van der Waals surface area contributed by atoms with Gasteiger partial charge in [-0.15, -0.1) is 0 Å². The van der Waals surface area contributed by atoms with Crippen LogP contribution in [0.1, 0.15) is 37.0 Å². The molecule has 64 valence electrons. The van der Waals surface area contributed by atoms with E-state index in [1.54, 1.807) is 13.2 Å². The van der Waals surface area contributed by atoms with Gasteiger partial charge in [-0.3, -0.25) is 4.79 Å². The molecule has 0 aliphatic heterocycles. The summed E-state index contributed by atoms with van der Waals surface area (Å²) in [5, 5.41) is 0. The van der Waals surface area contributed by atoms with Crippen LogP contribution in [0.5, 0.6) is 0 Å². The second-order valence-corrected chi connectivity index (χ2v) is 3.37. The van der Waals surface area contributed by atoms with Crippen molar-refractivity contribution >= 4 is 5.78 Å². The van der Waals surface area contributed by atoms with E-state index >= 15 is 0 Å². The van der Waals surface area contributed by atoms with Gasteiger partial charge in [-0.2, -0.15) is 0 Å². The smallest absolute Gasteiger partial charge is 0.140 e. The van der Waals surface area contributed by atoms with Gasteiger partial charge in [0.1, 0.15) is 11.5 Å². The number of furan rings is 1. The third-order valence-electron chi connectivity index (χ3n) is 2.53. The number of aryl methyl sites for hydroxylation is 1. The molecular weight excluding hydrogens is 152 g/mol. The molecule has 1 aromatic rings. The fourth-order valence-corrected chi connectivity index (χ4v) is 1.88. The van der Waals surface area contributed by atoms with E-state index in [0.29, 0.717) is 0 Å². The van der Waals surface area contributed by atoms with Gasteiger partial charge in [-0.05, 0) is 37.8 Å². The summed E-state index contributed by atoms with van der Waals surface area (Å²) < 4.78 is 5.31. The Balaban J connectivity index is 2.37. The van der Waals surface area contributed by atoms with E-state index in [0.717, 1.165) is 25.0 Å². The Kier molecular flexibility index (Phi) is 1.75. The van der Waals surface area contributed by atoms with Gasteiger partial charge in [-0.25, -0.2) is 0 Å². The third-order valence-corrected chi connectivity index (χ3v) is 2.53. The molecule has 0 N–H and O–H groups in total. The second kappa shape index (κ2) is 2.77. The molecule has 0 bridgehead atoms. The lowest BCUT2D eigenvalue weighted by Crippen LogP contribution is -2.14. The predicted octanol–water partition coefficient (Wildman–Crippen LogP) is 2.29. The number of hydrogen-bond donors (Lipinski definition) is 0. The highest BCUT2D eigenvalue weighted by Gasteiger charge is 2.26. The highest BCUT2D eigenvalue weighted by Crippen LogP contribution is 2.32. The summed E-state index contributed by atoms with van der Waals surface area (Å²) in [5.74, 6) is 1.17. The lowest BCUT2D eigenvalue weighted by molar-refractivity contribution is -0.119. The molecule has 1 aliphatic carbocycles. The van der Waals surface area contributed by atoms with E-state index in [1.807, 2.05) is 6.07 Å². The number of hydrogen-bond acceptors (Lipinski definition) is 2. The molecular formula is C10H12O2. The first-order valence-electron chi connectivity index (χ1n) is 4.36. The van der Waals surface area contributed by atoms with Gasteiger partial charge in [-0.1, -0.05) is 0 Å². The summed E-state index contributed by atoms with van der Waals surface area (Å²) in [6, 6.07) is 1.98. The van der Waals surface area contributed by atoms with Gasteiger partial charge in [0, 0.05) is 0 Å². The first kappa shape index (κ1) is 7.59. The molecule has 0 spiro atoms. The molecule has 1 heterocycles. The van der Waals surface area contributed by atoms with Crippen LogP contribution in [0.25, 0.3) is 0 Å². The molecule has 1 atom stereocenters. The topological polar surface area (TPSA) is 30.2 Å². The molecule has 2 nitrogen and oxygen atoms in total. The van der Waals surface area contributed by atoms with Crippen LogP contribution in [0.4, 0.5) is 0 Å². The number of fused-ring (bicyclic) bond motifs is 1. The van der Waals surface area contributed by atoms with Gasteiger partial charge in [0.25, 0.3) is 0 Å². The van der Waals surface area contributed by atoms with Gasteiger partial charge in [0.2, 0.25) is 0 Å². The minimum atomic E-state index is 0.0312. The van der Waals surface area contributed by atoms with Crippen molar-refractivity contribution in [3.8, 4) is 0 Å². The largest absolute Gasteiger partial charge is 0.468 e. The monoisotopic (exact) mass is 164 g/mol. The average Bonchev–Trinajstić information content (AvgIpc) is 2.49. The SMILES string of the molecule is CC(=O)C1CCCc2ccoc21. The standard InChI is InChI=1S/C10H12O2/c1-7(11)9-4-2-3-8-5-6-12-10(8)9/h5-6,9H,2-4H2,1H3. The summed E-state index contributed by atoms with van der Waals surface area (Å²) in [7, 11) is 0. The molecule has 2 heteroatoms. The van der Waals surface area contributed by atoms with Crippen molar-refractivity contribution in [2.75, 3.05) is 0 Å². The van der Waals surface area contributed by atoms with E-state index in [4.69, 9.17) is 4.42 Å². The Morgan fingerprint density at radius 2 is 2.50 bits per heavy atom. The van der Waals surface area contributed by atoms with Crippen LogP contribution < -0.4 is 0 Å². The first-order chi connectivity index (χ1) is 5.79. The Labute approximate surface area is 71.6 Å². The summed E-state index contributed by atoms with van der Waals surface area (Å²) in [6.45, 7) is 1.64. The van der Waals surface area contributed by atoms with Crippen LogP contribution in [-0.4, -0.2) is 5.78 Å². The Morgan fingerprint density at radius 1 is 1.67 bits per heavy atom. The lowest BCUT2D eigenvalue weighted by atomic mass is 9.86. The number of ketones is 1. The summed E-state index contributed by atoms with van der Waals surface area (Å²) in [5.41, 5.74) is 1.22. The fraction of sp³-hybridized carbons (Fsp3) is 0.500. The van der Waals surface area contributed by atoms with Gasteiger partial charge in [0.05, 0.1) is 12.2 Å². The molecule has 2 rings (SSSR count). The summed E-state index contributed by atoms with van der Waals surface area (Å²) >= 11 is 0. The van der Waals surface area contributed by atoms with Crippen LogP contribution in [0.15, 0.2) is 16.7 Å². The summed E-state index contributed by atoms with van der Waals surface area (Å²) in [4.78, 5) is 11.2. The highest BCUT2D eigenvalue weighted by atomic mass is 16.3. The number of rotatable bonds is 1. The van der Waals surface area contributed by atoms with E-state index in [2.05, 4.69) is 0 Å². The zero-order valence-corrected chi connectivity index (χ0v) is 7.17. The Bertz CT molecular complexity index is 299. The molecule has 0 amide bonds. The normalized spacial score (nSPS) is 21.9. The van der Waals surface area contributed by atoms with Crippen LogP contribution in [-0.2, 0) is 11.2 Å². The zero-order chi connectivity index (χ0) is 8.55. The fourth-order valence-electron chi connectivity index (χ4n) is 1.88. The minimum absolute atomic E-state index is 0.0312. The quantitative estimate of drug-likeness (QED) is 0.637. The molecule has 1 aliphatic rings. The molecule has 0 radical (unpaired) electrons. The Hall–Kier alpha value is -1.05. The zero-order valence-electron chi connectivity index (χ0n) is 7.17. The van der Waals surface area contributed by atoms with E-state index in [9.17, 15) is 4.79 Å². The predicted molar refractivity (Wildman–Crippen MR) is 45.1 cm³/mol. The van der Waals surface area contributed by atoms with Crippen molar-refractivity contribution in [3.63, 3.8) is 0 Å². The molecule has 0 aromatic carbocycles. The molecule has 0 saturated carbocycles. The molecule has 0 saturated heterocycles. The molecule has 12 heavy (non-hydrogen) atoms. The third kappa shape index (κ3) is 1.07. The Morgan fingerprint density at radius 3 is 3.25 bits per heavy atom. The maximum atomic E-state index is 11.2. The maximum absolute atomic E-state index is 11.2. The maximum Gasteiger partial charge on any atom is 0.140 e. The van der Waals surface area contributed by atoms with Crippen molar-refractivity contribution in [1.29, 1.82) is 0 Å². The van der Waals surface area contributed by atoms with E-state index < -0.39 is 0 Å². The number of carbonyl (C=O) groups is 1. The van der Waals surface area contributed by atoms with Crippen LogP contribution in [0, 0.1) is 0 Å². The number of Topliss-reactive ketones (excluding diaryl/α,β-unsaturated/α-hetero) is 1. The first-order valence-corrected chi connectivity index (χ1v) is 4.36. The van der Waals surface area contributed by atoms with Crippen LogP contribution in [0.3, 0.4) is 0 Å². The van der Waals surface area contributed by atoms with Gasteiger partial charge < -0.3 is 4.42 Å². The average molecular weight is 164 g/mol. The van der Waals surface area contributed by atoms with Gasteiger partial charge >= 0.3 is 0 Å². The van der Waals surface area contributed by atoms with Crippen molar-refractivity contribution in [3.05, 3.63) is 23.7 Å². The van der Waals surface area contributed by atoms with Crippen molar-refractivity contribution < 1.29 is 9.21 Å². The minimum Gasteiger partial charge on any atom is -0.468 e.